The molecule has 3 rings (SSSR count). The lowest BCUT2D eigenvalue weighted by molar-refractivity contribution is -0.0390. The van der Waals surface area contributed by atoms with Gasteiger partial charge in [-0.25, -0.2) is 4.99 Å². The van der Waals surface area contributed by atoms with Crippen LogP contribution in [0.1, 0.15) is 43.7 Å². The molecule has 1 aromatic carbocycles. The topological polar surface area (TPSA) is 55.3 Å². The van der Waals surface area contributed by atoms with Gasteiger partial charge in [-0.2, -0.15) is 0 Å². The van der Waals surface area contributed by atoms with Crippen molar-refractivity contribution < 1.29 is 14.2 Å². The fourth-order valence-corrected chi connectivity index (χ4v) is 3.28. The average Bonchev–Trinajstić information content (AvgIpc) is 3.58. The largest absolute Gasteiger partial charge is 0.381 e. The number of nitrogens with one attached hydrogen (secondary N) is 1. The van der Waals surface area contributed by atoms with E-state index in [4.69, 9.17) is 19.2 Å². The molecule has 2 fully saturated rings. The Bertz CT molecular complexity index is 610. The predicted molar refractivity (Wildman–Crippen MR) is 116 cm³/mol. The highest BCUT2D eigenvalue weighted by molar-refractivity contribution is 5.79. The van der Waals surface area contributed by atoms with Crippen molar-refractivity contribution >= 4 is 5.96 Å². The number of likely N-dealkylation sites (N-methyl/N-ethyl adjacent to an activating group) is 1. The van der Waals surface area contributed by atoms with Crippen molar-refractivity contribution in [2.75, 3.05) is 46.6 Å². The van der Waals surface area contributed by atoms with E-state index in [-0.39, 0.29) is 0 Å². The molecular formula is C23H37N3O3. The van der Waals surface area contributed by atoms with Crippen LogP contribution in [0.25, 0.3) is 0 Å². The van der Waals surface area contributed by atoms with Crippen LogP contribution in [0.2, 0.25) is 0 Å². The summed E-state index contributed by atoms with van der Waals surface area (Å²) in [7, 11) is 2.07. The maximum Gasteiger partial charge on any atom is 0.194 e. The molecule has 1 aliphatic heterocycles. The molecule has 0 spiro atoms. The van der Waals surface area contributed by atoms with E-state index in [9.17, 15) is 0 Å². The number of hydrogen-bond donors (Lipinski definition) is 1. The average molecular weight is 404 g/mol. The molecule has 0 amide bonds. The first kappa shape index (κ1) is 22.1. The summed E-state index contributed by atoms with van der Waals surface area (Å²) >= 11 is 0. The Morgan fingerprint density at radius 2 is 1.86 bits per heavy atom. The SMILES string of the molecule is CCNC(=NCc1ccc(COC2CCOCC2)cc1)N(C)CCOCC1CC1. The first-order chi connectivity index (χ1) is 14.2. The van der Waals surface area contributed by atoms with Gasteiger partial charge in [0, 0.05) is 40.0 Å². The number of hydrogen-bond acceptors (Lipinski definition) is 4. The second-order valence-electron chi connectivity index (χ2n) is 8.05. The summed E-state index contributed by atoms with van der Waals surface area (Å²) in [6, 6.07) is 8.59. The van der Waals surface area contributed by atoms with Gasteiger partial charge in [0.15, 0.2) is 5.96 Å². The second-order valence-corrected chi connectivity index (χ2v) is 8.05. The van der Waals surface area contributed by atoms with Gasteiger partial charge in [-0.3, -0.25) is 0 Å². The molecule has 29 heavy (non-hydrogen) atoms. The molecule has 1 aliphatic carbocycles. The summed E-state index contributed by atoms with van der Waals surface area (Å²) in [5.41, 5.74) is 2.41. The second kappa shape index (κ2) is 12.2. The van der Waals surface area contributed by atoms with E-state index >= 15 is 0 Å². The Labute approximate surface area is 175 Å². The molecule has 0 aromatic heterocycles. The van der Waals surface area contributed by atoms with Crippen molar-refractivity contribution in [3.05, 3.63) is 35.4 Å². The number of nitrogens with zero attached hydrogens (tertiary/aromatic N) is 2. The smallest absolute Gasteiger partial charge is 0.194 e. The van der Waals surface area contributed by atoms with Gasteiger partial charge in [0.25, 0.3) is 0 Å². The monoisotopic (exact) mass is 403 g/mol. The molecule has 162 valence electrons. The first-order valence-electron chi connectivity index (χ1n) is 11.1. The molecule has 0 atom stereocenters. The maximum atomic E-state index is 6.00. The third-order valence-corrected chi connectivity index (χ3v) is 5.41. The van der Waals surface area contributed by atoms with Crippen LogP contribution in [0.5, 0.6) is 0 Å². The fraction of sp³-hybridized carbons (Fsp3) is 0.696. The third-order valence-electron chi connectivity index (χ3n) is 5.41. The zero-order valence-electron chi connectivity index (χ0n) is 18.1. The fourth-order valence-electron chi connectivity index (χ4n) is 3.28. The summed E-state index contributed by atoms with van der Waals surface area (Å²) in [6.45, 7) is 8.42. The minimum Gasteiger partial charge on any atom is -0.381 e. The molecule has 0 bridgehead atoms. The number of guanidine groups is 1. The van der Waals surface area contributed by atoms with Gasteiger partial charge in [-0.05, 0) is 49.7 Å². The lowest BCUT2D eigenvalue weighted by Gasteiger charge is -2.22. The molecule has 1 N–H and O–H groups in total. The standard InChI is InChI=1S/C23H37N3O3/c1-3-24-23(26(2)12-15-28-17-20-8-9-20)25-16-19-4-6-21(7-5-19)18-29-22-10-13-27-14-11-22/h4-7,20,22H,3,8-18H2,1-2H3,(H,24,25). The summed E-state index contributed by atoms with van der Waals surface area (Å²) in [5.74, 6) is 1.74. The quantitative estimate of drug-likeness (QED) is 0.349. The van der Waals surface area contributed by atoms with E-state index in [1.54, 1.807) is 0 Å². The van der Waals surface area contributed by atoms with Crippen LogP contribution in [-0.4, -0.2) is 63.5 Å². The van der Waals surface area contributed by atoms with Crippen molar-refractivity contribution in [3.8, 4) is 0 Å². The Morgan fingerprint density at radius 3 is 2.55 bits per heavy atom. The third kappa shape index (κ3) is 8.33. The highest BCUT2D eigenvalue weighted by Gasteiger charge is 2.21. The molecule has 0 radical (unpaired) electrons. The molecule has 6 nitrogen and oxygen atoms in total. The number of benzene rings is 1. The van der Waals surface area contributed by atoms with Crippen molar-refractivity contribution in [1.29, 1.82) is 0 Å². The number of rotatable bonds is 11. The van der Waals surface area contributed by atoms with Gasteiger partial charge in [0.2, 0.25) is 0 Å². The van der Waals surface area contributed by atoms with Crippen LogP contribution < -0.4 is 5.32 Å². The van der Waals surface area contributed by atoms with E-state index in [1.165, 1.54) is 24.0 Å². The molecule has 1 saturated carbocycles. The van der Waals surface area contributed by atoms with Gasteiger partial charge < -0.3 is 24.4 Å². The Morgan fingerprint density at radius 1 is 1.14 bits per heavy atom. The molecule has 1 saturated heterocycles. The van der Waals surface area contributed by atoms with Crippen LogP contribution in [0.15, 0.2) is 29.3 Å². The summed E-state index contributed by atoms with van der Waals surface area (Å²) < 4.78 is 17.1. The molecule has 6 heteroatoms. The molecular weight excluding hydrogens is 366 g/mol. The van der Waals surface area contributed by atoms with Gasteiger partial charge in [0.1, 0.15) is 0 Å². The first-order valence-corrected chi connectivity index (χ1v) is 11.1. The maximum absolute atomic E-state index is 6.00. The predicted octanol–water partition coefficient (Wildman–Crippen LogP) is 3.21. The lowest BCUT2D eigenvalue weighted by atomic mass is 10.1. The van der Waals surface area contributed by atoms with Crippen LogP contribution in [0.4, 0.5) is 0 Å². The minimum atomic E-state index is 0.333. The Balaban J connectivity index is 1.42. The molecule has 2 aliphatic rings. The van der Waals surface area contributed by atoms with Gasteiger partial charge in [-0.1, -0.05) is 24.3 Å². The van der Waals surface area contributed by atoms with E-state index < -0.39 is 0 Å². The van der Waals surface area contributed by atoms with Crippen LogP contribution >= 0.6 is 0 Å². The van der Waals surface area contributed by atoms with E-state index in [2.05, 4.69) is 48.5 Å². The van der Waals surface area contributed by atoms with Gasteiger partial charge >= 0.3 is 0 Å². The van der Waals surface area contributed by atoms with Crippen molar-refractivity contribution in [2.24, 2.45) is 10.9 Å². The molecule has 1 aromatic rings. The van der Waals surface area contributed by atoms with E-state index in [0.717, 1.165) is 64.2 Å². The lowest BCUT2D eigenvalue weighted by Crippen LogP contribution is -2.40. The summed E-state index contributed by atoms with van der Waals surface area (Å²) in [4.78, 5) is 6.94. The van der Waals surface area contributed by atoms with Gasteiger partial charge in [-0.15, -0.1) is 0 Å². The normalized spacial score (nSPS) is 18.1. The zero-order valence-corrected chi connectivity index (χ0v) is 18.1. The van der Waals surface area contributed by atoms with Crippen molar-refractivity contribution in [2.45, 2.75) is 51.9 Å². The number of ether oxygens (including phenoxy) is 3. The van der Waals surface area contributed by atoms with E-state index in [1.807, 2.05) is 0 Å². The van der Waals surface area contributed by atoms with Gasteiger partial charge in [0.05, 0.1) is 25.9 Å². The zero-order chi connectivity index (χ0) is 20.3. The van der Waals surface area contributed by atoms with Crippen LogP contribution in [0.3, 0.4) is 0 Å². The van der Waals surface area contributed by atoms with E-state index in [0.29, 0.717) is 19.3 Å². The summed E-state index contributed by atoms with van der Waals surface area (Å²) in [5, 5.41) is 3.37. The Hall–Kier alpha value is -1.63. The Kier molecular flexibility index (Phi) is 9.25. The number of aliphatic imine (C=N–C) groups is 1. The highest BCUT2D eigenvalue weighted by Crippen LogP contribution is 2.28. The molecule has 1 heterocycles. The van der Waals surface area contributed by atoms with Crippen LogP contribution in [-0.2, 0) is 27.4 Å². The highest BCUT2D eigenvalue weighted by atomic mass is 16.5. The summed E-state index contributed by atoms with van der Waals surface area (Å²) in [6.07, 6.45) is 5.00. The van der Waals surface area contributed by atoms with Crippen molar-refractivity contribution in [3.63, 3.8) is 0 Å². The molecule has 0 unspecified atom stereocenters. The minimum absolute atomic E-state index is 0.333. The van der Waals surface area contributed by atoms with Crippen molar-refractivity contribution in [1.82, 2.24) is 10.2 Å². The van der Waals surface area contributed by atoms with Crippen LogP contribution in [0, 0.1) is 5.92 Å².